The molecule has 0 bridgehead atoms. The molecular weight excluding hydrogens is 468 g/mol. The summed E-state index contributed by atoms with van der Waals surface area (Å²) in [5, 5.41) is 2.57. The predicted octanol–water partition coefficient (Wildman–Crippen LogP) is 2.30. The Balaban J connectivity index is 1.73. The molecule has 1 aromatic heterocycles. The summed E-state index contributed by atoms with van der Waals surface area (Å²) in [5.41, 5.74) is 0.518. The molecule has 0 saturated carbocycles. The first-order valence-electron chi connectivity index (χ1n) is 9.54. The Labute approximate surface area is 192 Å². The van der Waals surface area contributed by atoms with Crippen molar-refractivity contribution in [3.63, 3.8) is 0 Å². The zero-order valence-corrected chi connectivity index (χ0v) is 19.4. The Hall–Kier alpha value is -3.64. The van der Waals surface area contributed by atoms with Crippen molar-refractivity contribution in [3.05, 3.63) is 72.9 Å². The quantitative estimate of drug-likeness (QED) is 0.470. The highest BCUT2D eigenvalue weighted by atomic mass is 32.2. The van der Waals surface area contributed by atoms with Crippen LogP contribution < -0.4 is 19.1 Å². The molecule has 0 aliphatic carbocycles. The van der Waals surface area contributed by atoms with Crippen molar-refractivity contribution in [3.8, 4) is 5.75 Å². The summed E-state index contributed by atoms with van der Waals surface area (Å²) in [6.07, 6.45) is 2.45. The van der Waals surface area contributed by atoms with Crippen molar-refractivity contribution >= 4 is 43.1 Å². The van der Waals surface area contributed by atoms with Gasteiger partial charge in [-0.1, -0.05) is 18.2 Å². The molecule has 0 atom stereocenters. The lowest BCUT2D eigenvalue weighted by Gasteiger charge is -2.23. The molecule has 0 saturated heterocycles. The van der Waals surface area contributed by atoms with Gasteiger partial charge in [-0.2, -0.15) is 0 Å². The number of hydrogen-bond acceptors (Lipinski definition) is 7. The van der Waals surface area contributed by atoms with Crippen molar-refractivity contribution in [1.29, 1.82) is 0 Å². The number of carbonyl (C=O) groups is 1. The SMILES string of the molecule is COc1ccccc1N(CC(=O)Nc1ccc(S(=O)(=O)Nc2ccccn2)cc1)S(C)(=O)=O. The first kappa shape index (κ1) is 24.0. The smallest absolute Gasteiger partial charge is 0.263 e. The number of sulfonamides is 2. The molecule has 0 fully saturated rings. The number of carbonyl (C=O) groups excluding carboxylic acids is 1. The van der Waals surface area contributed by atoms with Crippen molar-refractivity contribution in [2.75, 3.05) is 34.3 Å². The molecule has 0 radical (unpaired) electrons. The monoisotopic (exact) mass is 490 g/mol. The van der Waals surface area contributed by atoms with E-state index in [-0.39, 0.29) is 16.4 Å². The maximum Gasteiger partial charge on any atom is 0.263 e. The molecule has 10 nitrogen and oxygen atoms in total. The van der Waals surface area contributed by atoms with Gasteiger partial charge in [-0.3, -0.25) is 13.8 Å². The summed E-state index contributed by atoms with van der Waals surface area (Å²) < 4.78 is 58.1. The largest absolute Gasteiger partial charge is 0.495 e. The number of pyridine rings is 1. The number of nitrogens with zero attached hydrogens (tertiary/aromatic N) is 2. The number of methoxy groups -OCH3 is 1. The fraction of sp³-hybridized carbons (Fsp3) is 0.143. The van der Waals surface area contributed by atoms with Crippen molar-refractivity contribution < 1.29 is 26.4 Å². The molecule has 3 aromatic rings. The lowest BCUT2D eigenvalue weighted by atomic mass is 10.3. The minimum absolute atomic E-state index is 0.0297. The lowest BCUT2D eigenvalue weighted by Crippen LogP contribution is -2.37. The number of benzene rings is 2. The van der Waals surface area contributed by atoms with E-state index in [1.165, 1.54) is 49.7 Å². The van der Waals surface area contributed by atoms with Crippen LogP contribution in [0, 0.1) is 0 Å². The van der Waals surface area contributed by atoms with E-state index in [1.54, 1.807) is 30.3 Å². The second-order valence-electron chi connectivity index (χ2n) is 6.83. The minimum atomic E-state index is -3.87. The van der Waals surface area contributed by atoms with Crippen LogP contribution in [0.3, 0.4) is 0 Å². The van der Waals surface area contributed by atoms with Crippen molar-refractivity contribution in [1.82, 2.24) is 4.98 Å². The average molecular weight is 491 g/mol. The first-order valence-corrected chi connectivity index (χ1v) is 12.9. The molecule has 12 heteroatoms. The van der Waals surface area contributed by atoms with E-state index >= 15 is 0 Å². The van der Waals surface area contributed by atoms with Crippen LogP contribution >= 0.6 is 0 Å². The maximum absolute atomic E-state index is 12.6. The van der Waals surface area contributed by atoms with Gasteiger partial charge >= 0.3 is 0 Å². The fourth-order valence-electron chi connectivity index (χ4n) is 2.88. The van der Waals surface area contributed by atoms with Gasteiger partial charge in [-0.15, -0.1) is 0 Å². The van der Waals surface area contributed by atoms with E-state index < -0.39 is 32.5 Å². The first-order chi connectivity index (χ1) is 15.6. The third-order valence-electron chi connectivity index (χ3n) is 4.39. The van der Waals surface area contributed by atoms with Gasteiger partial charge in [0.05, 0.1) is 23.9 Å². The van der Waals surface area contributed by atoms with Gasteiger partial charge in [0.15, 0.2) is 0 Å². The average Bonchev–Trinajstić information content (AvgIpc) is 2.77. The van der Waals surface area contributed by atoms with E-state index in [1.807, 2.05) is 0 Å². The Morgan fingerprint density at radius 3 is 2.24 bits per heavy atom. The highest BCUT2D eigenvalue weighted by molar-refractivity contribution is 7.92. The van der Waals surface area contributed by atoms with Crippen LogP contribution in [0.2, 0.25) is 0 Å². The Morgan fingerprint density at radius 1 is 0.970 bits per heavy atom. The van der Waals surface area contributed by atoms with Crippen LogP contribution in [-0.2, 0) is 24.8 Å². The summed E-state index contributed by atoms with van der Waals surface area (Å²) in [4.78, 5) is 16.5. The summed E-state index contributed by atoms with van der Waals surface area (Å²) in [5.74, 6) is -0.147. The van der Waals surface area contributed by atoms with Gasteiger partial charge in [0.25, 0.3) is 10.0 Å². The summed E-state index contributed by atoms with van der Waals surface area (Å²) in [6, 6.07) is 16.7. The molecule has 1 heterocycles. The van der Waals surface area contributed by atoms with Gasteiger partial charge in [0.2, 0.25) is 15.9 Å². The highest BCUT2D eigenvalue weighted by Gasteiger charge is 2.24. The normalized spacial score (nSPS) is 11.5. The number of aromatic nitrogens is 1. The maximum atomic E-state index is 12.6. The summed E-state index contributed by atoms with van der Waals surface area (Å²) in [6.45, 7) is -0.500. The van der Waals surface area contributed by atoms with Crippen LogP contribution in [0.1, 0.15) is 0 Å². The third kappa shape index (κ3) is 6.20. The summed E-state index contributed by atoms with van der Waals surface area (Å²) in [7, 11) is -6.26. The van der Waals surface area contributed by atoms with Gasteiger partial charge in [-0.25, -0.2) is 21.8 Å². The second-order valence-corrected chi connectivity index (χ2v) is 10.4. The van der Waals surface area contributed by atoms with Gasteiger partial charge < -0.3 is 10.1 Å². The molecular formula is C21H22N4O6S2. The molecule has 0 aliphatic rings. The number of para-hydroxylation sites is 2. The molecule has 2 N–H and O–H groups in total. The Kier molecular flexibility index (Phi) is 7.19. The van der Waals surface area contributed by atoms with Crippen molar-refractivity contribution in [2.24, 2.45) is 0 Å². The molecule has 1 amide bonds. The van der Waals surface area contributed by atoms with E-state index in [4.69, 9.17) is 4.74 Å². The fourth-order valence-corrected chi connectivity index (χ4v) is 4.75. The van der Waals surface area contributed by atoms with E-state index in [2.05, 4.69) is 15.0 Å². The second kappa shape index (κ2) is 9.88. The molecule has 3 rings (SSSR count). The number of rotatable bonds is 9. The minimum Gasteiger partial charge on any atom is -0.495 e. The van der Waals surface area contributed by atoms with Crippen LogP contribution in [0.15, 0.2) is 77.8 Å². The zero-order chi connectivity index (χ0) is 24.1. The zero-order valence-electron chi connectivity index (χ0n) is 17.8. The number of amides is 1. The predicted molar refractivity (Wildman–Crippen MR) is 125 cm³/mol. The van der Waals surface area contributed by atoms with Gasteiger partial charge in [-0.05, 0) is 48.5 Å². The van der Waals surface area contributed by atoms with Crippen LogP contribution in [-0.4, -0.2) is 47.6 Å². The molecule has 0 aliphatic heterocycles. The third-order valence-corrected chi connectivity index (χ3v) is 6.89. The van der Waals surface area contributed by atoms with E-state index in [0.717, 1.165) is 10.6 Å². The van der Waals surface area contributed by atoms with Crippen molar-refractivity contribution in [2.45, 2.75) is 4.90 Å². The lowest BCUT2D eigenvalue weighted by molar-refractivity contribution is -0.114. The molecule has 2 aromatic carbocycles. The number of hydrogen-bond donors (Lipinski definition) is 2. The molecule has 0 spiro atoms. The van der Waals surface area contributed by atoms with Gasteiger partial charge in [0, 0.05) is 11.9 Å². The molecule has 0 unspecified atom stereocenters. The van der Waals surface area contributed by atoms with Crippen LogP contribution in [0.25, 0.3) is 0 Å². The topological polar surface area (TPSA) is 135 Å². The molecule has 33 heavy (non-hydrogen) atoms. The summed E-state index contributed by atoms with van der Waals surface area (Å²) >= 11 is 0. The van der Waals surface area contributed by atoms with Gasteiger partial charge in [0.1, 0.15) is 18.1 Å². The van der Waals surface area contributed by atoms with E-state index in [9.17, 15) is 21.6 Å². The standard InChI is InChI=1S/C21H22N4O6S2/c1-31-19-8-4-3-7-18(19)25(32(2,27)28)15-21(26)23-16-10-12-17(13-11-16)33(29,30)24-20-9-5-6-14-22-20/h3-14H,15H2,1-2H3,(H,22,24)(H,23,26). The van der Waals surface area contributed by atoms with E-state index in [0.29, 0.717) is 11.4 Å². The number of ether oxygens (including phenoxy) is 1. The number of nitrogens with one attached hydrogen (secondary N) is 2. The van der Waals surface area contributed by atoms with Crippen LogP contribution in [0.5, 0.6) is 5.75 Å². The molecule has 174 valence electrons. The Morgan fingerprint density at radius 2 is 1.64 bits per heavy atom. The highest BCUT2D eigenvalue weighted by Crippen LogP contribution is 2.29. The number of anilines is 3. The van der Waals surface area contributed by atoms with Crippen LogP contribution in [0.4, 0.5) is 17.2 Å². The Bertz CT molecular complexity index is 1330.